The maximum Gasteiger partial charge on any atom is 0.407 e. The Labute approximate surface area is 177 Å². The fraction of sp³-hybridized carbons (Fsp3) is 0.192. The highest BCUT2D eigenvalue weighted by molar-refractivity contribution is 5.79. The summed E-state index contributed by atoms with van der Waals surface area (Å²) >= 11 is 0. The third kappa shape index (κ3) is 3.88. The van der Waals surface area contributed by atoms with E-state index in [0.717, 1.165) is 22.4 Å². The molecular formula is C26H24N2O2. The molecule has 3 aromatic rings. The normalized spacial score (nSPS) is 11.8. The van der Waals surface area contributed by atoms with E-state index in [4.69, 9.17) is 10.5 Å². The summed E-state index contributed by atoms with van der Waals surface area (Å²) in [7, 11) is 0. The number of hydrogen-bond acceptors (Lipinski definition) is 3. The summed E-state index contributed by atoms with van der Waals surface area (Å²) in [6, 6.07) is 20.4. The largest absolute Gasteiger partial charge is 0.449 e. The first-order valence-corrected chi connectivity index (χ1v) is 9.99. The first-order valence-electron chi connectivity index (χ1n) is 9.99. The fourth-order valence-corrected chi connectivity index (χ4v) is 3.88. The topological polar surface area (TPSA) is 64.3 Å². The number of aryl methyl sites for hydroxylation is 2. The van der Waals surface area contributed by atoms with Gasteiger partial charge in [0.05, 0.1) is 6.54 Å². The zero-order valence-electron chi connectivity index (χ0n) is 17.2. The van der Waals surface area contributed by atoms with E-state index in [1.165, 1.54) is 22.3 Å². The van der Waals surface area contributed by atoms with Crippen LogP contribution in [0.1, 0.15) is 33.7 Å². The number of anilines is 1. The van der Waals surface area contributed by atoms with E-state index in [9.17, 15) is 4.79 Å². The summed E-state index contributed by atoms with van der Waals surface area (Å²) in [4.78, 5) is 12.2. The van der Waals surface area contributed by atoms with Gasteiger partial charge in [-0.2, -0.15) is 0 Å². The first kappa shape index (κ1) is 19.6. The highest BCUT2D eigenvalue weighted by Crippen LogP contribution is 2.44. The van der Waals surface area contributed by atoms with Crippen molar-refractivity contribution in [3.8, 4) is 23.0 Å². The Bertz CT molecular complexity index is 1130. The second-order valence-electron chi connectivity index (χ2n) is 7.50. The number of nitrogens with one attached hydrogen (secondary N) is 1. The average Bonchev–Trinajstić information content (AvgIpc) is 3.07. The molecule has 0 aromatic heterocycles. The molecule has 3 N–H and O–H groups in total. The van der Waals surface area contributed by atoms with Crippen LogP contribution < -0.4 is 11.1 Å². The summed E-state index contributed by atoms with van der Waals surface area (Å²) in [6.07, 6.45) is -0.462. The lowest BCUT2D eigenvalue weighted by atomic mass is 9.98. The Kier molecular flexibility index (Phi) is 5.45. The molecule has 0 radical (unpaired) electrons. The van der Waals surface area contributed by atoms with E-state index in [1.54, 1.807) is 0 Å². The number of fused-ring (bicyclic) bond motifs is 3. The minimum Gasteiger partial charge on any atom is -0.449 e. The molecule has 0 unspecified atom stereocenters. The molecule has 4 rings (SSSR count). The molecule has 1 aliphatic rings. The lowest BCUT2D eigenvalue weighted by Crippen LogP contribution is -2.26. The van der Waals surface area contributed by atoms with E-state index >= 15 is 0 Å². The Balaban J connectivity index is 1.36. The minimum atomic E-state index is -0.462. The van der Waals surface area contributed by atoms with Crippen molar-refractivity contribution in [2.45, 2.75) is 19.8 Å². The van der Waals surface area contributed by atoms with Crippen LogP contribution in [0.5, 0.6) is 0 Å². The summed E-state index contributed by atoms with van der Waals surface area (Å²) in [5.41, 5.74) is 14.4. The van der Waals surface area contributed by atoms with Gasteiger partial charge in [0.25, 0.3) is 0 Å². The minimum absolute atomic E-state index is 0.0506. The van der Waals surface area contributed by atoms with Gasteiger partial charge in [0.2, 0.25) is 0 Å². The van der Waals surface area contributed by atoms with Gasteiger partial charge in [-0.25, -0.2) is 4.79 Å². The van der Waals surface area contributed by atoms with Gasteiger partial charge >= 0.3 is 6.09 Å². The maximum absolute atomic E-state index is 12.2. The van der Waals surface area contributed by atoms with Crippen LogP contribution in [0.15, 0.2) is 60.7 Å². The number of nitrogens with two attached hydrogens (primary N) is 1. The van der Waals surface area contributed by atoms with Crippen LogP contribution in [0.25, 0.3) is 11.1 Å². The molecule has 0 bridgehead atoms. The van der Waals surface area contributed by atoms with Gasteiger partial charge in [0.1, 0.15) is 6.61 Å². The Hall–Kier alpha value is -3.71. The van der Waals surface area contributed by atoms with Crippen LogP contribution in [-0.2, 0) is 4.74 Å². The van der Waals surface area contributed by atoms with Gasteiger partial charge < -0.3 is 15.8 Å². The number of rotatable bonds is 3. The molecule has 1 aliphatic carbocycles. The van der Waals surface area contributed by atoms with Gasteiger partial charge in [0, 0.05) is 17.2 Å². The number of amides is 1. The summed E-state index contributed by atoms with van der Waals surface area (Å²) < 4.78 is 5.52. The number of nitrogen functional groups attached to an aromatic ring is 1. The van der Waals surface area contributed by atoms with Crippen LogP contribution in [0.4, 0.5) is 10.5 Å². The van der Waals surface area contributed by atoms with Crippen molar-refractivity contribution in [3.05, 3.63) is 88.5 Å². The number of hydrogen-bond donors (Lipinski definition) is 2. The number of carbonyl (C=O) groups excluding carboxylic acids is 1. The molecule has 0 heterocycles. The zero-order chi connectivity index (χ0) is 21.1. The van der Waals surface area contributed by atoms with Crippen LogP contribution in [0, 0.1) is 25.7 Å². The summed E-state index contributed by atoms with van der Waals surface area (Å²) in [5.74, 6) is 6.11. The van der Waals surface area contributed by atoms with Crippen molar-refractivity contribution < 1.29 is 9.53 Å². The van der Waals surface area contributed by atoms with Crippen LogP contribution >= 0.6 is 0 Å². The van der Waals surface area contributed by atoms with Crippen molar-refractivity contribution in [1.29, 1.82) is 0 Å². The molecule has 30 heavy (non-hydrogen) atoms. The molecule has 3 aromatic carbocycles. The van der Waals surface area contributed by atoms with Gasteiger partial charge in [-0.1, -0.05) is 60.4 Å². The third-order valence-corrected chi connectivity index (χ3v) is 5.50. The quantitative estimate of drug-likeness (QED) is 0.495. The van der Waals surface area contributed by atoms with Crippen LogP contribution in [-0.4, -0.2) is 19.2 Å². The fourth-order valence-electron chi connectivity index (χ4n) is 3.88. The van der Waals surface area contributed by atoms with E-state index < -0.39 is 6.09 Å². The summed E-state index contributed by atoms with van der Waals surface area (Å²) in [5, 5.41) is 2.71. The van der Waals surface area contributed by atoms with Crippen molar-refractivity contribution in [2.75, 3.05) is 18.9 Å². The number of benzene rings is 3. The lowest BCUT2D eigenvalue weighted by molar-refractivity contribution is 0.144. The summed E-state index contributed by atoms with van der Waals surface area (Å²) in [6.45, 7) is 4.44. The molecule has 4 nitrogen and oxygen atoms in total. The molecular weight excluding hydrogens is 372 g/mol. The molecule has 150 valence electrons. The predicted molar refractivity (Wildman–Crippen MR) is 120 cm³/mol. The van der Waals surface area contributed by atoms with E-state index in [-0.39, 0.29) is 12.5 Å². The third-order valence-electron chi connectivity index (χ3n) is 5.50. The molecule has 0 fully saturated rings. The van der Waals surface area contributed by atoms with Crippen molar-refractivity contribution in [3.63, 3.8) is 0 Å². The van der Waals surface area contributed by atoms with Crippen molar-refractivity contribution in [1.82, 2.24) is 5.32 Å². The van der Waals surface area contributed by atoms with Crippen molar-refractivity contribution in [2.24, 2.45) is 0 Å². The van der Waals surface area contributed by atoms with E-state index in [1.807, 2.05) is 50.2 Å². The van der Waals surface area contributed by atoms with Gasteiger partial charge in [0.15, 0.2) is 0 Å². The van der Waals surface area contributed by atoms with Gasteiger partial charge in [-0.05, 0) is 59.4 Å². The average molecular weight is 396 g/mol. The van der Waals surface area contributed by atoms with E-state index in [2.05, 4.69) is 41.4 Å². The molecule has 0 aliphatic heterocycles. The van der Waals surface area contributed by atoms with Gasteiger partial charge in [-0.3, -0.25) is 0 Å². The first-order chi connectivity index (χ1) is 14.5. The SMILES string of the molecule is Cc1cc(C#CCNC(=O)OCC2c3ccccc3-c3ccccc32)c(C)cc1N. The Morgan fingerprint density at radius 1 is 1.00 bits per heavy atom. The van der Waals surface area contributed by atoms with Crippen LogP contribution in [0.2, 0.25) is 0 Å². The molecule has 1 amide bonds. The maximum atomic E-state index is 12.2. The zero-order valence-corrected chi connectivity index (χ0v) is 17.2. The molecule has 0 saturated carbocycles. The highest BCUT2D eigenvalue weighted by Gasteiger charge is 2.28. The molecule has 0 saturated heterocycles. The Morgan fingerprint density at radius 3 is 2.30 bits per heavy atom. The van der Waals surface area contributed by atoms with Crippen LogP contribution in [0.3, 0.4) is 0 Å². The Morgan fingerprint density at radius 2 is 1.63 bits per heavy atom. The molecule has 4 heteroatoms. The van der Waals surface area contributed by atoms with Crippen molar-refractivity contribution >= 4 is 11.8 Å². The lowest BCUT2D eigenvalue weighted by Gasteiger charge is -2.14. The van der Waals surface area contributed by atoms with E-state index in [0.29, 0.717) is 6.61 Å². The molecule has 0 atom stereocenters. The predicted octanol–water partition coefficient (Wildman–Crippen LogP) is 4.78. The molecule has 0 spiro atoms. The number of ether oxygens (including phenoxy) is 1. The number of alkyl carbamates (subject to hydrolysis) is 1. The number of carbonyl (C=O) groups is 1. The second kappa shape index (κ2) is 8.34. The smallest absolute Gasteiger partial charge is 0.407 e. The highest BCUT2D eigenvalue weighted by atomic mass is 16.5. The van der Waals surface area contributed by atoms with Gasteiger partial charge in [-0.15, -0.1) is 0 Å². The standard InChI is InChI=1S/C26H24N2O2/c1-17-15-25(27)18(2)14-19(17)8-7-13-28-26(29)30-16-24-22-11-5-3-9-20(22)21-10-4-6-12-23(21)24/h3-6,9-12,14-15,24H,13,16,27H2,1-2H3,(H,28,29). The monoisotopic (exact) mass is 396 g/mol. The second-order valence-corrected chi connectivity index (χ2v) is 7.50.